The first-order valence-electron chi connectivity index (χ1n) is 9.78. The van der Waals surface area contributed by atoms with Gasteiger partial charge < -0.3 is 15.3 Å². The van der Waals surface area contributed by atoms with Crippen LogP contribution in [0.15, 0.2) is 23.1 Å². The molecule has 0 aromatic carbocycles. The van der Waals surface area contributed by atoms with Crippen molar-refractivity contribution in [3.05, 3.63) is 28.7 Å². The Kier molecular flexibility index (Phi) is 5.68. The highest BCUT2D eigenvalue weighted by atomic mass is 32.1. The van der Waals surface area contributed by atoms with Crippen LogP contribution in [0.1, 0.15) is 51.0 Å². The Morgan fingerprint density at radius 1 is 1.19 bits per heavy atom. The van der Waals surface area contributed by atoms with Crippen LogP contribution in [0.2, 0.25) is 0 Å². The Morgan fingerprint density at radius 3 is 2.85 bits per heavy atom. The van der Waals surface area contributed by atoms with Gasteiger partial charge in [-0.1, -0.05) is 12.8 Å². The fourth-order valence-corrected chi connectivity index (χ4v) is 4.56. The number of nitrogens with one attached hydrogen (secondary N) is 1. The molecule has 4 rings (SSSR count). The van der Waals surface area contributed by atoms with E-state index in [1.54, 1.807) is 12.3 Å². The van der Waals surface area contributed by atoms with Gasteiger partial charge in [0.25, 0.3) is 5.56 Å². The van der Waals surface area contributed by atoms with Crippen molar-refractivity contribution in [1.82, 2.24) is 18.5 Å². The highest BCUT2D eigenvalue weighted by Gasteiger charge is 2.28. The van der Waals surface area contributed by atoms with Crippen LogP contribution >= 0.6 is 11.7 Å². The van der Waals surface area contributed by atoms with Gasteiger partial charge in [-0.15, -0.1) is 0 Å². The molecule has 0 amide bonds. The van der Waals surface area contributed by atoms with E-state index in [0.29, 0.717) is 0 Å². The average Bonchev–Trinajstić information content (AvgIpc) is 3.21. The zero-order chi connectivity index (χ0) is 18.6. The molecule has 2 aromatic rings. The highest BCUT2D eigenvalue weighted by Crippen LogP contribution is 2.28. The number of aromatic nitrogens is 4. The number of nitrogens with zero attached hydrogens (tertiary/aromatic N) is 5. The summed E-state index contributed by atoms with van der Waals surface area (Å²) in [6.45, 7) is 1.68. The summed E-state index contributed by atoms with van der Waals surface area (Å²) in [6, 6.07) is 3.48. The lowest BCUT2D eigenvalue weighted by Crippen LogP contribution is -2.45. The molecule has 3 atom stereocenters. The molecule has 146 valence electrons. The van der Waals surface area contributed by atoms with Crippen LogP contribution in [-0.4, -0.2) is 48.9 Å². The van der Waals surface area contributed by atoms with E-state index in [2.05, 4.69) is 24.1 Å². The van der Waals surface area contributed by atoms with E-state index in [9.17, 15) is 9.90 Å². The monoisotopic (exact) mass is 390 g/mol. The SMILES string of the molecule is O=c1ccc(N2CCCCC2CNc2cnsn2)nn1C1CCCCC1O. The third-order valence-corrected chi connectivity index (χ3v) is 6.10. The van der Waals surface area contributed by atoms with Crippen molar-refractivity contribution in [2.24, 2.45) is 0 Å². The molecule has 2 fully saturated rings. The van der Waals surface area contributed by atoms with Gasteiger partial charge in [-0.25, -0.2) is 4.68 Å². The molecule has 0 radical (unpaired) electrons. The molecule has 3 heterocycles. The molecule has 1 saturated heterocycles. The Bertz CT molecular complexity index is 795. The number of aliphatic hydroxyl groups is 1. The zero-order valence-corrected chi connectivity index (χ0v) is 16.1. The van der Waals surface area contributed by atoms with E-state index >= 15 is 0 Å². The van der Waals surface area contributed by atoms with E-state index < -0.39 is 6.10 Å². The summed E-state index contributed by atoms with van der Waals surface area (Å²) in [5, 5.41) is 18.4. The Morgan fingerprint density at radius 2 is 2.04 bits per heavy atom. The van der Waals surface area contributed by atoms with Crippen LogP contribution in [0.5, 0.6) is 0 Å². The predicted molar refractivity (Wildman–Crippen MR) is 105 cm³/mol. The minimum atomic E-state index is -0.491. The molecule has 0 bridgehead atoms. The molecule has 1 aliphatic carbocycles. The smallest absolute Gasteiger partial charge is 0.267 e. The van der Waals surface area contributed by atoms with Gasteiger partial charge in [0.15, 0.2) is 5.82 Å². The molecule has 2 aliphatic rings. The molecule has 3 unspecified atom stereocenters. The van der Waals surface area contributed by atoms with Gasteiger partial charge in [-0.3, -0.25) is 4.79 Å². The van der Waals surface area contributed by atoms with Crippen molar-refractivity contribution in [3.8, 4) is 0 Å². The largest absolute Gasteiger partial charge is 0.391 e. The van der Waals surface area contributed by atoms with Crippen LogP contribution in [0.25, 0.3) is 0 Å². The molecular weight excluding hydrogens is 364 g/mol. The van der Waals surface area contributed by atoms with Crippen molar-refractivity contribution >= 4 is 23.4 Å². The van der Waals surface area contributed by atoms with E-state index in [4.69, 9.17) is 0 Å². The molecule has 2 aromatic heterocycles. The fourth-order valence-electron chi connectivity index (χ4n) is 4.16. The molecule has 1 aliphatic heterocycles. The summed E-state index contributed by atoms with van der Waals surface area (Å²) < 4.78 is 9.75. The lowest BCUT2D eigenvalue weighted by Gasteiger charge is -2.37. The van der Waals surface area contributed by atoms with Crippen LogP contribution in [0.4, 0.5) is 11.6 Å². The number of hydrogen-bond acceptors (Lipinski definition) is 8. The summed E-state index contributed by atoms with van der Waals surface area (Å²) in [6.07, 6.45) is 8.18. The number of aliphatic hydroxyl groups excluding tert-OH is 1. The van der Waals surface area contributed by atoms with Gasteiger partial charge in [-0.05, 0) is 38.2 Å². The lowest BCUT2D eigenvalue weighted by molar-refractivity contribution is 0.0669. The molecule has 1 saturated carbocycles. The topological polar surface area (TPSA) is 96.2 Å². The number of piperidine rings is 1. The minimum Gasteiger partial charge on any atom is -0.391 e. The summed E-state index contributed by atoms with van der Waals surface area (Å²) in [5.41, 5.74) is -0.134. The van der Waals surface area contributed by atoms with Gasteiger partial charge in [0.1, 0.15) is 5.82 Å². The van der Waals surface area contributed by atoms with Gasteiger partial charge in [0.2, 0.25) is 0 Å². The maximum absolute atomic E-state index is 12.4. The molecule has 8 nitrogen and oxygen atoms in total. The van der Waals surface area contributed by atoms with Crippen molar-refractivity contribution in [2.75, 3.05) is 23.3 Å². The molecule has 2 N–H and O–H groups in total. The number of hydrogen-bond donors (Lipinski definition) is 2. The van der Waals surface area contributed by atoms with E-state index in [-0.39, 0.29) is 17.6 Å². The second-order valence-electron chi connectivity index (χ2n) is 7.41. The summed E-state index contributed by atoms with van der Waals surface area (Å²) >= 11 is 1.19. The summed E-state index contributed by atoms with van der Waals surface area (Å²) in [7, 11) is 0. The standard InChI is InChI=1S/C18H26N6O2S/c25-15-7-2-1-6-14(15)24-18(26)9-8-17(21-24)23-10-4-3-5-13(23)11-19-16-12-20-27-22-16/h8-9,12-15,25H,1-7,10-11H2,(H,19,22). The Hall–Kier alpha value is -2.00. The predicted octanol–water partition coefficient (Wildman–Crippen LogP) is 2.04. The van der Waals surface area contributed by atoms with Crippen molar-refractivity contribution in [3.63, 3.8) is 0 Å². The lowest BCUT2D eigenvalue weighted by atomic mass is 9.93. The number of rotatable bonds is 5. The highest BCUT2D eigenvalue weighted by molar-refractivity contribution is 6.99. The third kappa shape index (κ3) is 4.14. The van der Waals surface area contributed by atoms with E-state index in [1.165, 1.54) is 22.8 Å². The van der Waals surface area contributed by atoms with Crippen molar-refractivity contribution < 1.29 is 5.11 Å². The molecule has 9 heteroatoms. The zero-order valence-electron chi connectivity index (χ0n) is 15.3. The quantitative estimate of drug-likeness (QED) is 0.806. The molecular formula is C18H26N6O2S. The van der Waals surface area contributed by atoms with Crippen molar-refractivity contribution in [1.29, 1.82) is 0 Å². The van der Waals surface area contributed by atoms with Crippen LogP contribution in [0.3, 0.4) is 0 Å². The first-order chi connectivity index (χ1) is 13.2. The van der Waals surface area contributed by atoms with Gasteiger partial charge in [0.05, 0.1) is 30.1 Å². The average molecular weight is 391 g/mol. The maximum Gasteiger partial charge on any atom is 0.267 e. The molecule has 27 heavy (non-hydrogen) atoms. The summed E-state index contributed by atoms with van der Waals surface area (Å²) in [5.74, 6) is 1.61. The summed E-state index contributed by atoms with van der Waals surface area (Å²) in [4.78, 5) is 14.7. The van der Waals surface area contributed by atoms with Crippen LogP contribution < -0.4 is 15.8 Å². The van der Waals surface area contributed by atoms with Crippen LogP contribution in [0, 0.1) is 0 Å². The normalized spacial score (nSPS) is 26.1. The second kappa shape index (κ2) is 8.35. The van der Waals surface area contributed by atoms with E-state index in [0.717, 1.165) is 63.3 Å². The first-order valence-corrected chi connectivity index (χ1v) is 10.5. The van der Waals surface area contributed by atoms with Gasteiger partial charge >= 0.3 is 0 Å². The first kappa shape index (κ1) is 18.4. The second-order valence-corrected chi connectivity index (χ2v) is 7.97. The third-order valence-electron chi connectivity index (χ3n) is 5.62. The maximum atomic E-state index is 12.4. The van der Waals surface area contributed by atoms with Crippen molar-refractivity contribution in [2.45, 2.75) is 63.1 Å². The minimum absolute atomic E-state index is 0.134. The van der Waals surface area contributed by atoms with E-state index in [1.807, 2.05) is 6.07 Å². The van der Waals surface area contributed by atoms with Gasteiger partial charge in [0, 0.05) is 25.2 Å². The van der Waals surface area contributed by atoms with Crippen LogP contribution in [-0.2, 0) is 0 Å². The number of anilines is 2. The molecule has 0 spiro atoms. The fraction of sp³-hybridized carbons (Fsp3) is 0.667. The Balaban J connectivity index is 1.54. The van der Waals surface area contributed by atoms with Gasteiger partial charge in [-0.2, -0.15) is 13.8 Å². The Labute approximate surface area is 162 Å².